The molecule has 0 aliphatic heterocycles. The molecule has 1 amide bonds. The minimum Gasteiger partial charge on any atom is -0.448 e. The Morgan fingerprint density at radius 3 is 2.45 bits per heavy atom. The molecule has 1 rings (SSSR count). The summed E-state index contributed by atoms with van der Waals surface area (Å²) in [6, 6.07) is 4.54. The van der Waals surface area contributed by atoms with Gasteiger partial charge in [-0.05, 0) is 12.1 Å². The summed E-state index contributed by atoms with van der Waals surface area (Å²) in [6.45, 7) is -0.303. The van der Waals surface area contributed by atoms with E-state index >= 15 is 0 Å². The molecule has 0 unspecified atom stereocenters. The third-order valence-corrected chi connectivity index (χ3v) is 3.69. The summed E-state index contributed by atoms with van der Waals surface area (Å²) < 4.78 is 64.5. The molecule has 0 spiro atoms. The Labute approximate surface area is 112 Å². The fraction of sp³-hybridized carbons (Fsp3) is 0.300. The maximum atomic E-state index is 12.5. The standard InChI is InChI=1S/C10H11F3N2O4S/c11-10(12,13)20(17,18)8-4-2-1-3-7(8)15-5-6-19-9(14)16/h1-4,15H,5-6H2,(H2,14,16). The second-order valence-corrected chi connectivity index (χ2v) is 5.45. The Bertz CT molecular complexity index is 586. The summed E-state index contributed by atoms with van der Waals surface area (Å²) in [7, 11) is -5.46. The van der Waals surface area contributed by atoms with Crippen molar-refractivity contribution in [2.45, 2.75) is 10.4 Å². The van der Waals surface area contributed by atoms with E-state index in [9.17, 15) is 26.4 Å². The molecule has 1 aromatic carbocycles. The first-order valence-corrected chi connectivity index (χ1v) is 6.71. The molecule has 0 radical (unpaired) electrons. The molecule has 0 saturated heterocycles. The van der Waals surface area contributed by atoms with Crippen molar-refractivity contribution in [2.75, 3.05) is 18.5 Å². The van der Waals surface area contributed by atoms with E-state index in [2.05, 4.69) is 10.1 Å². The number of ether oxygens (including phenoxy) is 1. The molecule has 0 atom stereocenters. The van der Waals surface area contributed by atoms with Crippen LogP contribution >= 0.6 is 0 Å². The van der Waals surface area contributed by atoms with Gasteiger partial charge in [-0.15, -0.1) is 0 Å². The van der Waals surface area contributed by atoms with E-state index in [0.717, 1.165) is 6.07 Å². The highest BCUT2D eigenvalue weighted by molar-refractivity contribution is 7.92. The second-order valence-electron chi connectivity index (χ2n) is 3.54. The number of hydrogen-bond acceptors (Lipinski definition) is 5. The number of para-hydroxylation sites is 1. The lowest BCUT2D eigenvalue weighted by atomic mass is 10.3. The summed E-state index contributed by atoms with van der Waals surface area (Å²) in [5.74, 6) is 0. The SMILES string of the molecule is NC(=O)OCCNc1ccccc1S(=O)(=O)C(F)(F)F. The van der Waals surface area contributed by atoms with Gasteiger partial charge in [0, 0.05) is 6.54 Å². The zero-order valence-electron chi connectivity index (χ0n) is 9.98. The van der Waals surface area contributed by atoms with Crippen LogP contribution in [0.4, 0.5) is 23.7 Å². The van der Waals surface area contributed by atoms with E-state index in [1.54, 1.807) is 0 Å². The zero-order chi connectivity index (χ0) is 15.4. The zero-order valence-corrected chi connectivity index (χ0v) is 10.8. The molecule has 0 saturated carbocycles. The lowest BCUT2D eigenvalue weighted by Gasteiger charge is -2.13. The summed E-state index contributed by atoms with van der Waals surface area (Å²) in [5.41, 5.74) is -0.938. The molecule has 0 aliphatic rings. The largest absolute Gasteiger partial charge is 0.501 e. The third kappa shape index (κ3) is 3.76. The van der Waals surface area contributed by atoms with Gasteiger partial charge in [0.15, 0.2) is 0 Å². The van der Waals surface area contributed by atoms with Crippen LogP contribution in [0.15, 0.2) is 29.2 Å². The molecule has 0 aliphatic carbocycles. The molecular formula is C10H11F3N2O4S. The Morgan fingerprint density at radius 1 is 1.30 bits per heavy atom. The van der Waals surface area contributed by atoms with Gasteiger partial charge in [0.1, 0.15) is 6.61 Å². The first kappa shape index (κ1) is 16.1. The number of nitrogens with one attached hydrogen (secondary N) is 1. The van der Waals surface area contributed by atoms with Gasteiger partial charge in [-0.2, -0.15) is 13.2 Å². The number of alkyl halides is 3. The quantitative estimate of drug-likeness (QED) is 0.803. The van der Waals surface area contributed by atoms with Gasteiger partial charge in [0.25, 0.3) is 9.84 Å². The van der Waals surface area contributed by atoms with Crippen LogP contribution in [0.1, 0.15) is 0 Å². The number of sulfone groups is 1. The van der Waals surface area contributed by atoms with Crippen LogP contribution in [-0.4, -0.2) is 33.2 Å². The van der Waals surface area contributed by atoms with Gasteiger partial charge in [-0.25, -0.2) is 13.2 Å². The molecule has 0 bridgehead atoms. The van der Waals surface area contributed by atoms with Gasteiger partial charge in [-0.3, -0.25) is 0 Å². The number of halogens is 3. The molecule has 1 aromatic rings. The number of amides is 1. The van der Waals surface area contributed by atoms with Crippen molar-refractivity contribution in [3.8, 4) is 0 Å². The van der Waals surface area contributed by atoms with Gasteiger partial charge in [0.2, 0.25) is 0 Å². The number of hydrogen-bond donors (Lipinski definition) is 2. The smallest absolute Gasteiger partial charge is 0.448 e. The molecule has 112 valence electrons. The minimum atomic E-state index is -5.46. The van der Waals surface area contributed by atoms with Crippen molar-refractivity contribution in [3.05, 3.63) is 24.3 Å². The first-order valence-electron chi connectivity index (χ1n) is 5.23. The number of carbonyl (C=O) groups is 1. The number of primary amides is 1. The van der Waals surface area contributed by atoms with Gasteiger partial charge in [-0.1, -0.05) is 12.1 Å². The maximum Gasteiger partial charge on any atom is 0.501 e. The lowest BCUT2D eigenvalue weighted by molar-refractivity contribution is -0.0435. The summed E-state index contributed by atoms with van der Waals surface area (Å²) in [6.07, 6.45) is -1.04. The highest BCUT2D eigenvalue weighted by atomic mass is 32.2. The summed E-state index contributed by atoms with van der Waals surface area (Å²) in [4.78, 5) is 9.40. The highest BCUT2D eigenvalue weighted by Gasteiger charge is 2.47. The van der Waals surface area contributed by atoms with Gasteiger partial charge < -0.3 is 15.8 Å². The molecule has 10 heteroatoms. The Hall–Kier alpha value is -1.97. The fourth-order valence-electron chi connectivity index (χ4n) is 1.31. The van der Waals surface area contributed by atoms with Crippen molar-refractivity contribution in [2.24, 2.45) is 5.73 Å². The van der Waals surface area contributed by atoms with Crippen molar-refractivity contribution >= 4 is 21.6 Å². The van der Waals surface area contributed by atoms with Gasteiger partial charge >= 0.3 is 11.6 Å². The number of benzene rings is 1. The molecule has 0 heterocycles. The van der Waals surface area contributed by atoms with Crippen molar-refractivity contribution in [3.63, 3.8) is 0 Å². The van der Waals surface area contributed by atoms with E-state index in [-0.39, 0.29) is 18.8 Å². The monoisotopic (exact) mass is 312 g/mol. The van der Waals surface area contributed by atoms with Gasteiger partial charge in [0.05, 0.1) is 10.6 Å². The Balaban J connectivity index is 2.92. The summed E-state index contributed by atoms with van der Waals surface area (Å²) in [5, 5.41) is 2.43. The van der Waals surface area contributed by atoms with Crippen molar-refractivity contribution < 1.29 is 31.1 Å². The highest BCUT2D eigenvalue weighted by Crippen LogP contribution is 2.33. The van der Waals surface area contributed by atoms with Crippen LogP contribution in [0.5, 0.6) is 0 Å². The molecule has 0 aromatic heterocycles. The van der Waals surface area contributed by atoms with Crippen LogP contribution in [-0.2, 0) is 14.6 Å². The summed E-state index contributed by atoms with van der Waals surface area (Å²) >= 11 is 0. The average Bonchev–Trinajstić information content (AvgIpc) is 2.33. The van der Waals surface area contributed by atoms with E-state index in [1.807, 2.05) is 0 Å². The molecule has 20 heavy (non-hydrogen) atoms. The molecule has 6 nitrogen and oxygen atoms in total. The Kier molecular flexibility index (Phi) is 4.82. The normalized spacial score (nSPS) is 11.9. The number of rotatable bonds is 5. The van der Waals surface area contributed by atoms with Crippen molar-refractivity contribution in [1.29, 1.82) is 0 Å². The predicted molar refractivity (Wildman–Crippen MR) is 63.7 cm³/mol. The van der Waals surface area contributed by atoms with E-state index in [1.165, 1.54) is 18.2 Å². The molecule has 3 N–H and O–H groups in total. The van der Waals surface area contributed by atoms with Crippen LogP contribution in [0.25, 0.3) is 0 Å². The van der Waals surface area contributed by atoms with E-state index in [4.69, 9.17) is 5.73 Å². The predicted octanol–water partition coefficient (Wildman–Crippen LogP) is 1.49. The molecule has 0 fully saturated rings. The average molecular weight is 312 g/mol. The first-order chi connectivity index (χ1) is 9.16. The lowest BCUT2D eigenvalue weighted by Crippen LogP contribution is -2.25. The maximum absolute atomic E-state index is 12.5. The third-order valence-electron chi connectivity index (χ3n) is 2.14. The van der Waals surface area contributed by atoms with Crippen LogP contribution in [0.2, 0.25) is 0 Å². The Morgan fingerprint density at radius 2 is 1.90 bits per heavy atom. The fourth-order valence-corrected chi connectivity index (χ4v) is 2.25. The van der Waals surface area contributed by atoms with Crippen LogP contribution < -0.4 is 11.1 Å². The van der Waals surface area contributed by atoms with Crippen LogP contribution in [0.3, 0.4) is 0 Å². The molecular weight excluding hydrogens is 301 g/mol. The second kappa shape index (κ2) is 5.99. The van der Waals surface area contributed by atoms with Crippen molar-refractivity contribution in [1.82, 2.24) is 0 Å². The number of carbonyl (C=O) groups excluding carboxylic acids is 1. The van der Waals surface area contributed by atoms with E-state index < -0.39 is 26.3 Å². The number of anilines is 1. The van der Waals surface area contributed by atoms with E-state index in [0.29, 0.717) is 0 Å². The minimum absolute atomic E-state index is 0.0899. The topological polar surface area (TPSA) is 98.5 Å². The van der Waals surface area contributed by atoms with Crippen LogP contribution in [0, 0.1) is 0 Å². The number of nitrogens with two attached hydrogens (primary N) is 1.